The van der Waals surface area contributed by atoms with Crippen LogP contribution in [0.3, 0.4) is 0 Å². The molecule has 2 rings (SSSR count). The Morgan fingerprint density at radius 2 is 2.10 bits per heavy atom. The van der Waals surface area contributed by atoms with E-state index in [0.29, 0.717) is 6.42 Å². The second-order valence-electron chi connectivity index (χ2n) is 5.22. The summed E-state index contributed by atoms with van der Waals surface area (Å²) in [5.74, 6) is -0.255. The number of aryl methyl sites for hydroxylation is 2. The molecule has 0 saturated heterocycles. The van der Waals surface area contributed by atoms with Crippen LogP contribution in [-0.4, -0.2) is 19.6 Å². The molecule has 3 nitrogen and oxygen atoms in total. The van der Waals surface area contributed by atoms with Crippen LogP contribution in [0.4, 0.5) is 0 Å². The standard InChI is InChI=1S/C17H21NO2S/c1-13-5-3-4-6-15(13)17(12-18,16(19)20-2)9-7-14-8-10-21-11-14/h3-6,8,10-11H,7,9,12,18H2,1-2H3. The van der Waals surface area contributed by atoms with Gasteiger partial charge in [0.2, 0.25) is 0 Å². The van der Waals surface area contributed by atoms with Crippen molar-refractivity contribution in [2.24, 2.45) is 5.73 Å². The number of nitrogens with two attached hydrogens (primary N) is 1. The molecule has 0 spiro atoms. The highest BCUT2D eigenvalue weighted by Gasteiger charge is 2.40. The van der Waals surface area contributed by atoms with Crippen molar-refractivity contribution in [2.75, 3.05) is 13.7 Å². The molecule has 2 N–H and O–H groups in total. The maximum Gasteiger partial charge on any atom is 0.317 e. The average molecular weight is 303 g/mol. The number of esters is 1. The van der Waals surface area contributed by atoms with E-state index in [4.69, 9.17) is 10.5 Å². The molecular weight excluding hydrogens is 282 g/mol. The molecule has 21 heavy (non-hydrogen) atoms. The summed E-state index contributed by atoms with van der Waals surface area (Å²) in [5, 5.41) is 4.15. The Morgan fingerprint density at radius 3 is 2.67 bits per heavy atom. The summed E-state index contributed by atoms with van der Waals surface area (Å²) in [6.07, 6.45) is 1.46. The molecule has 0 radical (unpaired) electrons. The maximum atomic E-state index is 12.5. The SMILES string of the molecule is COC(=O)C(CN)(CCc1ccsc1)c1ccccc1C. The van der Waals surface area contributed by atoms with Crippen LogP contribution in [-0.2, 0) is 21.4 Å². The Bertz CT molecular complexity index is 595. The number of hydrogen-bond acceptors (Lipinski definition) is 4. The number of benzene rings is 1. The summed E-state index contributed by atoms with van der Waals surface area (Å²) in [5.41, 5.74) is 8.52. The van der Waals surface area contributed by atoms with Crippen LogP contribution in [0.2, 0.25) is 0 Å². The highest BCUT2D eigenvalue weighted by molar-refractivity contribution is 7.07. The predicted molar refractivity (Wildman–Crippen MR) is 86.6 cm³/mol. The molecule has 0 aliphatic rings. The molecule has 0 aliphatic carbocycles. The molecule has 1 heterocycles. The average Bonchev–Trinajstić information content (AvgIpc) is 3.02. The fourth-order valence-electron chi connectivity index (χ4n) is 2.74. The molecule has 4 heteroatoms. The number of thiophene rings is 1. The van der Waals surface area contributed by atoms with Crippen molar-refractivity contribution in [2.45, 2.75) is 25.2 Å². The minimum Gasteiger partial charge on any atom is -0.468 e. The zero-order valence-corrected chi connectivity index (χ0v) is 13.3. The summed E-state index contributed by atoms with van der Waals surface area (Å²) in [6.45, 7) is 2.25. The first-order valence-corrected chi connectivity index (χ1v) is 7.94. The second-order valence-corrected chi connectivity index (χ2v) is 6.00. The van der Waals surface area contributed by atoms with Gasteiger partial charge in [-0.2, -0.15) is 11.3 Å². The summed E-state index contributed by atoms with van der Waals surface area (Å²) in [4.78, 5) is 12.5. The van der Waals surface area contributed by atoms with E-state index in [1.807, 2.05) is 36.6 Å². The van der Waals surface area contributed by atoms with Gasteiger partial charge in [0.25, 0.3) is 0 Å². The number of carbonyl (C=O) groups excluding carboxylic acids is 1. The van der Waals surface area contributed by atoms with Crippen LogP contribution in [0.25, 0.3) is 0 Å². The van der Waals surface area contributed by atoms with E-state index in [0.717, 1.165) is 17.5 Å². The third kappa shape index (κ3) is 3.17. The molecule has 1 aromatic carbocycles. The van der Waals surface area contributed by atoms with Crippen LogP contribution in [0.1, 0.15) is 23.1 Å². The summed E-state index contributed by atoms with van der Waals surface area (Å²) in [7, 11) is 1.43. The van der Waals surface area contributed by atoms with Gasteiger partial charge in [-0.25, -0.2) is 0 Å². The fraction of sp³-hybridized carbons (Fsp3) is 0.353. The van der Waals surface area contributed by atoms with Gasteiger partial charge in [-0.1, -0.05) is 24.3 Å². The smallest absolute Gasteiger partial charge is 0.317 e. The first-order valence-electron chi connectivity index (χ1n) is 6.99. The Labute approximate surface area is 129 Å². The molecule has 112 valence electrons. The molecule has 0 fully saturated rings. The third-order valence-corrected chi connectivity index (χ3v) is 4.74. The Kier molecular flexibility index (Phi) is 5.15. The van der Waals surface area contributed by atoms with Crippen molar-refractivity contribution in [1.29, 1.82) is 0 Å². The monoisotopic (exact) mass is 303 g/mol. The molecule has 0 amide bonds. The number of carbonyl (C=O) groups is 1. The largest absolute Gasteiger partial charge is 0.468 e. The Morgan fingerprint density at radius 1 is 1.33 bits per heavy atom. The van der Waals surface area contributed by atoms with Gasteiger partial charge < -0.3 is 10.5 Å². The lowest BCUT2D eigenvalue weighted by Crippen LogP contribution is -2.44. The van der Waals surface area contributed by atoms with Crippen LogP contribution in [0, 0.1) is 6.92 Å². The van der Waals surface area contributed by atoms with Crippen molar-refractivity contribution < 1.29 is 9.53 Å². The molecule has 0 bridgehead atoms. The molecule has 1 atom stereocenters. The van der Waals surface area contributed by atoms with Gasteiger partial charge in [-0.05, 0) is 53.3 Å². The van der Waals surface area contributed by atoms with E-state index in [2.05, 4.69) is 11.4 Å². The van der Waals surface area contributed by atoms with Crippen LogP contribution in [0.5, 0.6) is 0 Å². The zero-order chi connectivity index (χ0) is 15.3. The van der Waals surface area contributed by atoms with Gasteiger partial charge in [0.05, 0.1) is 7.11 Å². The lowest BCUT2D eigenvalue weighted by Gasteiger charge is -2.31. The normalized spacial score (nSPS) is 13.7. The van der Waals surface area contributed by atoms with Gasteiger partial charge in [0.15, 0.2) is 0 Å². The van der Waals surface area contributed by atoms with Crippen molar-refractivity contribution in [3.8, 4) is 0 Å². The lowest BCUT2D eigenvalue weighted by atomic mass is 9.74. The quantitative estimate of drug-likeness (QED) is 0.834. The van der Waals surface area contributed by atoms with E-state index in [1.54, 1.807) is 11.3 Å². The highest BCUT2D eigenvalue weighted by atomic mass is 32.1. The van der Waals surface area contributed by atoms with Gasteiger partial charge in [0, 0.05) is 6.54 Å². The highest BCUT2D eigenvalue weighted by Crippen LogP contribution is 2.32. The number of ether oxygens (including phenoxy) is 1. The van der Waals surface area contributed by atoms with Gasteiger partial charge in [-0.3, -0.25) is 4.79 Å². The predicted octanol–water partition coefficient (Wildman–Crippen LogP) is 3.06. The summed E-state index contributed by atoms with van der Waals surface area (Å²) >= 11 is 1.66. The van der Waals surface area contributed by atoms with E-state index in [-0.39, 0.29) is 12.5 Å². The van der Waals surface area contributed by atoms with E-state index in [9.17, 15) is 4.79 Å². The summed E-state index contributed by atoms with van der Waals surface area (Å²) in [6, 6.07) is 9.98. The molecule has 1 unspecified atom stereocenters. The van der Waals surface area contributed by atoms with Crippen LogP contribution in [0.15, 0.2) is 41.1 Å². The number of methoxy groups -OCH3 is 1. The van der Waals surface area contributed by atoms with Crippen LogP contribution >= 0.6 is 11.3 Å². The topological polar surface area (TPSA) is 52.3 Å². The van der Waals surface area contributed by atoms with Crippen molar-refractivity contribution in [3.63, 3.8) is 0 Å². The fourth-order valence-corrected chi connectivity index (χ4v) is 3.44. The van der Waals surface area contributed by atoms with Crippen molar-refractivity contribution in [1.82, 2.24) is 0 Å². The van der Waals surface area contributed by atoms with E-state index in [1.165, 1.54) is 12.7 Å². The Balaban J connectivity index is 2.38. The second kappa shape index (κ2) is 6.87. The third-order valence-electron chi connectivity index (χ3n) is 4.01. The maximum absolute atomic E-state index is 12.5. The zero-order valence-electron chi connectivity index (χ0n) is 12.5. The first-order chi connectivity index (χ1) is 10.1. The number of rotatable bonds is 6. The lowest BCUT2D eigenvalue weighted by molar-refractivity contribution is -0.147. The van der Waals surface area contributed by atoms with Gasteiger partial charge in [-0.15, -0.1) is 0 Å². The van der Waals surface area contributed by atoms with Crippen LogP contribution < -0.4 is 5.73 Å². The first kappa shape index (κ1) is 15.7. The van der Waals surface area contributed by atoms with E-state index >= 15 is 0 Å². The summed E-state index contributed by atoms with van der Waals surface area (Å²) < 4.78 is 5.07. The minimum atomic E-state index is -0.776. The van der Waals surface area contributed by atoms with E-state index < -0.39 is 5.41 Å². The van der Waals surface area contributed by atoms with Gasteiger partial charge >= 0.3 is 5.97 Å². The minimum absolute atomic E-state index is 0.245. The molecule has 1 aromatic heterocycles. The molecule has 0 saturated carbocycles. The Hall–Kier alpha value is -1.65. The molecular formula is C17H21NO2S. The number of hydrogen-bond donors (Lipinski definition) is 1. The van der Waals surface area contributed by atoms with Crippen molar-refractivity contribution >= 4 is 17.3 Å². The van der Waals surface area contributed by atoms with Crippen molar-refractivity contribution in [3.05, 3.63) is 57.8 Å². The van der Waals surface area contributed by atoms with Gasteiger partial charge in [0.1, 0.15) is 5.41 Å². The molecule has 0 aliphatic heterocycles. The molecule has 2 aromatic rings.